The van der Waals surface area contributed by atoms with E-state index in [0.717, 1.165) is 11.8 Å². The first-order valence-corrected chi connectivity index (χ1v) is 7.73. The average molecular weight is 250 g/mol. The zero-order valence-electron chi connectivity index (χ0n) is 13.7. The van der Waals surface area contributed by atoms with Gasteiger partial charge in [0.2, 0.25) is 0 Å². The van der Waals surface area contributed by atoms with E-state index in [9.17, 15) is 0 Å². The molecule has 1 rings (SSSR count). The van der Waals surface area contributed by atoms with Gasteiger partial charge in [-0.05, 0) is 29.2 Å². The molecule has 1 nitrogen and oxygen atoms in total. The highest BCUT2D eigenvalue weighted by molar-refractivity contribution is 6.35. The summed E-state index contributed by atoms with van der Waals surface area (Å²) in [7, 11) is 2.55. The Kier molecular flexibility index (Phi) is 5.35. The highest BCUT2D eigenvalue weighted by Crippen LogP contribution is 2.38. The van der Waals surface area contributed by atoms with Gasteiger partial charge >= 0.3 is 0 Å². The van der Waals surface area contributed by atoms with Crippen molar-refractivity contribution in [2.75, 3.05) is 19.6 Å². The molecule has 0 aromatic carbocycles. The molecule has 0 spiro atoms. The van der Waals surface area contributed by atoms with Gasteiger partial charge in [0, 0.05) is 13.1 Å². The lowest BCUT2D eigenvalue weighted by atomic mass is 9.52. The zero-order chi connectivity index (χ0) is 14.0. The Morgan fingerprint density at radius 3 is 1.67 bits per heavy atom. The van der Waals surface area contributed by atoms with Crippen molar-refractivity contribution in [2.24, 2.45) is 22.7 Å². The van der Waals surface area contributed by atoms with Gasteiger partial charge in [0.15, 0.2) is 0 Å². The van der Waals surface area contributed by atoms with E-state index in [1.165, 1.54) is 32.3 Å². The molecule has 0 saturated carbocycles. The largest absolute Gasteiger partial charge is 0.303 e. The van der Waals surface area contributed by atoms with Crippen LogP contribution in [0.25, 0.3) is 0 Å². The maximum atomic E-state index is 2.66. The summed E-state index contributed by atoms with van der Waals surface area (Å²) in [5.74, 6) is 1.53. The zero-order valence-corrected chi connectivity index (χ0v) is 13.7. The van der Waals surface area contributed by atoms with Crippen molar-refractivity contribution in [1.29, 1.82) is 0 Å². The van der Waals surface area contributed by atoms with Gasteiger partial charge in [0.1, 0.15) is 7.28 Å². The molecule has 1 radical (unpaired) electrons. The Morgan fingerprint density at radius 1 is 0.944 bits per heavy atom. The fraction of sp³-hybridized carbons (Fsp3) is 1.00. The molecular weight excluding hydrogens is 217 g/mol. The Hall–Kier alpha value is 0.0249. The third kappa shape index (κ3) is 4.01. The number of hydrogen-bond acceptors (Lipinski definition) is 1. The molecule has 0 aromatic heterocycles. The van der Waals surface area contributed by atoms with Crippen molar-refractivity contribution in [3.05, 3.63) is 0 Å². The van der Waals surface area contributed by atoms with E-state index in [1.54, 1.807) is 0 Å². The van der Waals surface area contributed by atoms with Crippen LogP contribution >= 0.6 is 0 Å². The molecule has 0 bridgehead atoms. The molecule has 0 amide bonds. The molecule has 0 aromatic rings. The van der Waals surface area contributed by atoms with E-state index in [-0.39, 0.29) is 0 Å². The van der Waals surface area contributed by atoms with E-state index in [1.807, 2.05) is 0 Å². The van der Waals surface area contributed by atoms with Crippen molar-refractivity contribution < 1.29 is 0 Å². The first kappa shape index (κ1) is 16.1. The van der Waals surface area contributed by atoms with Gasteiger partial charge in [0.05, 0.1) is 0 Å². The number of rotatable bonds is 1. The molecule has 1 fully saturated rings. The first-order chi connectivity index (χ1) is 8.19. The van der Waals surface area contributed by atoms with Gasteiger partial charge in [-0.15, -0.1) is 0 Å². The van der Waals surface area contributed by atoms with Gasteiger partial charge in [0.25, 0.3) is 0 Å². The fourth-order valence-corrected chi connectivity index (χ4v) is 2.82. The lowest BCUT2D eigenvalue weighted by Gasteiger charge is -2.42. The van der Waals surface area contributed by atoms with Gasteiger partial charge in [-0.2, -0.15) is 0 Å². The molecular formula is C16H33BN. The first-order valence-electron chi connectivity index (χ1n) is 7.73. The summed E-state index contributed by atoms with van der Waals surface area (Å²) in [5, 5.41) is 0. The Morgan fingerprint density at radius 2 is 1.33 bits per heavy atom. The smallest absolute Gasteiger partial charge is 0.110 e. The molecule has 1 aliphatic heterocycles. The summed E-state index contributed by atoms with van der Waals surface area (Å²) < 4.78 is 0. The second-order valence-electron chi connectivity index (χ2n) is 7.83. The van der Waals surface area contributed by atoms with Crippen LogP contribution in [-0.4, -0.2) is 31.8 Å². The molecule has 1 aliphatic rings. The predicted molar refractivity (Wildman–Crippen MR) is 83.4 cm³/mol. The molecule has 18 heavy (non-hydrogen) atoms. The van der Waals surface area contributed by atoms with E-state index in [2.05, 4.69) is 60.6 Å². The highest BCUT2D eigenvalue weighted by atomic mass is 15.1. The standard InChI is InChI=1S/C16H33BN/c1-8-18-9-13(2)15(4,5)11-17-12-16(6,7)14(3)10-18/h13-14H,8-12H2,1-7H3. The predicted octanol–water partition coefficient (Wildman–Crippen LogP) is 4.19. The molecule has 2 atom stereocenters. The average Bonchev–Trinajstić information content (AvgIpc) is 2.25. The number of nitrogens with zero attached hydrogens (tertiary/aromatic N) is 1. The lowest BCUT2D eigenvalue weighted by molar-refractivity contribution is 0.115. The van der Waals surface area contributed by atoms with Gasteiger partial charge in [-0.3, -0.25) is 0 Å². The van der Waals surface area contributed by atoms with Crippen molar-refractivity contribution in [1.82, 2.24) is 4.90 Å². The monoisotopic (exact) mass is 250 g/mol. The summed E-state index contributed by atoms with van der Waals surface area (Å²) in [6.45, 7) is 20.6. The summed E-state index contributed by atoms with van der Waals surface area (Å²) in [6.07, 6.45) is 2.50. The van der Waals surface area contributed by atoms with E-state index < -0.39 is 0 Å². The minimum absolute atomic E-state index is 0.435. The second kappa shape index (κ2) is 5.99. The van der Waals surface area contributed by atoms with Crippen molar-refractivity contribution in [3.63, 3.8) is 0 Å². The molecule has 1 saturated heterocycles. The Bertz CT molecular complexity index is 236. The maximum absolute atomic E-state index is 2.66. The maximum Gasteiger partial charge on any atom is 0.110 e. The van der Waals surface area contributed by atoms with Crippen LogP contribution in [-0.2, 0) is 0 Å². The van der Waals surface area contributed by atoms with Crippen LogP contribution in [0.15, 0.2) is 0 Å². The number of hydrogen-bond donors (Lipinski definition) is 0. The molecule has 0 aliphatic carbocycles. The second-order valence-corrected chi connectivity index (χ2v) is 7.83. The third-order valence-electron chi connectivity index (χ3n) is 5.52. The van der Waals surface area contributed by atoms with Crippen LogP contribution in [0.2, 0.25) is 12.6 Å². The Balaban J connectivity index is 2.83. The quantitative estimate of drug-likeness (QED) is 0.631. The Labute approximate surface area is 116 Å². The summed E-state index contributed by atoms with van der Waals surface area (Å²) >= 11 is 0. The van der Waals surface area contributed by atoms with Crippen LogP contribution in [0.3, 0.4) is 0 Å². The minimum atomic E-state index is 0.435. The summed E-state index contributed by atoms with van der Waals surface area (Å²) in [4.78, 5) is 2.66. The summed E-state index contributed by atoms with van der Waals surface area (Å²) in [6, 6.07) is 0. The van der Waals surface area contributed by atoms with Crippen LogP contribution < -0.4 is 0 Å². The molecule has 2 heteroatoms. The van der Waals surface area contributed by atoms with Crippen LogP contribution in [0.1, 0.15) is 48.5 Å². The molecule has 1 heterocycles. The molecule has 0 N–H and O–H groups in total. The van der Waals surface area contributed by atoms with Crippen molar-refractivity contribution in [2.45, 2.75) is 61.1 Å². The summed E-state index contributed by atoms with van der Waals surface area (Å²) in [5.41, 5.74) is 0.869. The van der Waals surface area contributed by atoms with Crippen LogP contribution in [0, 0.1) is 22.7 Å². The highest BCUT2D eigenvalue weighted by Gasteiger charge is 2.33. The minimum Gasteiger partial charge on any atom is -0.303 e. The van der Waals surface area contributed by atoms with Crippen molar-refractivity contribution in [3.8, 4) is 0 Å². The van der Waals surface area contributed by atoms with Gasteiger partial charge in [-0.1, -0.05) is 61.1 Å². The van der Waals surface area contributed by atoms with E-state index >= 15 is 0 Å². The van der Waals surface area contributed by atoms with Gasteiger partial charge in [-0.25, -0.2) is 0 Å². The lowest BCUT2D eigenvalue weighted by Crippen LogP contribution is -2.42. The van der Waals surface area contributed by atoms with E-state index in [0.29, 0.717) is 10.8 Å². The van der Waals surface area contributed by atoms with Crippen molar-refractivity contribution >= 4 is 7.28 Å². The molecule has 2 unspecified atom stereocenters. The molecule has 105 valence electrons. The van der Waals surface area contributed by atoms with Gasteiger partial charge < -0.3 is 4.90 Å². The van der Waals surface area contributed by atoms with E-state index in [4.69, 9.17) is 0 Å². The van der Waals surface area contributed by atoms with Crippen LogP contribution in [0.4, 0.5) is 0 Å². The fourth-order valence-electron chi connectivity index (χ4n) is 2.82. The normalized spacial score (nSPS) is 33.7. The topological polar surface area (TPSA) is 3.24 Å². The van der Waals surface area contributed by atoms with Crippen LogP contribution in [0.5, 0.6) is 0 Å². The third-order valence-corrected chi connectivity index (χ3v) is 5.52. The SMILES string of the molecule is CCN1CC(C)C(C)(C)C[B]CC(C)(C)C(C)C1.